The number of aromatic amines is 1. The highest BCUT2D eigenvalue weighted by atomic mass is 16.3. The van der Waals surface area contributed by atoms with Crippen molar-refractivity contribution in [3.8, 4) is 0 Å². The largest absolute Gasteiger partial charge is 0.464 e. The average molecular weight is 326 g/mol. The predicted octanol–water partition coefficient (Wildman–Crippen LogP) is 2.67. The summed E-state index contributed by atoms with van der Waals surface area (Å²) in [5.74, 6) is 1.62. The third kappa shape index (κ3) is 3.49. The van der Waals surface area contributed by atoms with Gasteiger partial charge in [0.05, 0.1) is 23.8 Å². The lowest BCUT2D eigenvalue weighted by Crippen LogP contribution is -2.36. The van der Waals surface area contributed by atoms with Crippen LogP contribution in [-0.4, -0.2) is 53.1 Å². The van der Waals surface area contributed by atoms with Gasteiger partial charge in [-0.3, -0.25) is 9.89 Å². The van der Waals surface area contributed by atoms with Gasteiger partial charge in [0.1, 0.15) is 11.5 Å². The molecule has 3 aromatic rings. The molecule has 0 atom stereocenters. The fourth-order valence-corrected chi connectivity index (χ4v) is 2.66. The molecule has 0 aliphatic rings. The van der Waals surface area contributed by atoms with E-state index in [9.17, 15) is 4.79 Å². The molecular formula is C18H22N4O2. The van der Waals surface area contributed by atoms with Gasteiger partial charge in [0.2, 0.25) is 0 Å². The van der Waals surface area contributed by atoms with Crippen molar-refractivity contribution in [1.29, 1.82) is 0 Å². The fourth-order valence-electron chi connectivity index (χ4n) is 2.66. The Morgan fingerprint density at radius 2 is 2.04 bits per heavy atom. The molecule has 1 amide bonds. The van der Waals surface area contributed by atoms with E-state index in [1.54, 1.807) is 6.20 Å². The Kier molecular flexibility index (Phi) is 4.66. The van der Waals surface area contributed by atoms with Crippen molar-refractivity contribution in [2.24, 2.45) is 0 Å². The Hall–Kier alpha value is -2.60. The fraction of sp³-hybridized carbons (Fsp3) is 0.333. The molecular weight excluding hydrogens is 304 g/mol. The second-order valence-electron chi connectivity index (χ2n) is 6.18. The molecule has 0 fully saturated rings. The molecule has 3 rings (SSSR count). The van der Waals surface area contributed by atoms with Crippen molar-refractivity contribution < 1.29 is 9.21 Å². The van der Waals surface area contributed by atoms with E-state index in [2.05, 4.69) is 15.1 Å². The standard InChI is InChI=1S/C18H22N4O2/c1-13-7-8-14(24-13)12-22(10-9-21(2)3)18(23)15-5-4-6-17-16(15)11-19-20-17/h4-8,11H,9-10,12H2,1-3H3,(H,19,20). The maximum absolute atomic E-state index is 13.1. The summed E-state index contributed by atoms with van der Waals surface area (Å²) in [5, 5.41) is 7.79. The van der Waals surface area contributed by atoms with Crippen molar-refractivity contribution >= 4 is 16.8 Å². The molecule has 0 unspecified atom stereocenters. The quantitative estimate of drug-likeness (QED) is 0.756. The number of aryl methyl sites for hydroxylation is 1. The average Bonchev–Trinajstić information content (AvgIpc) is 3.18. The molecule has 0 spiro atoms. The van der Waals surface area contributed by atoms with E-state index in [0.717, 1.165) is 29.0 Å². The van der Waals surface area contributed by atoms with E-state index in [1.807, 2.05) is 56.3 Å². The third-order valence-corrected chi connectivity index (χ3v) is 3.96. The minimum atomic E-state index is -0.0158. The lowest BCUT2D eigenvalue weighted by molar-refractivity contribution is 0.0721. The Labute approximate surface area is 141 Å². The number of aromatic nitrogens is 2. The summed E-state index contributed by atoms with van der Waals surface area (Å²) in [6, 6.07) is 9.47. The number of benzene rings is 1. The zero-order valence-corrected chi connectivity index (χ0v) is 14.2. The monoisotopic (exact) mass is 326 g/mol. The van der Waals surface area contributed by atoms with Crippen molar-refractivity contribution in [2.45, 2.75) is 13.5 Å². The SMILES string of the molecule is Cc1ccc(CN(CCN(C)C)C(=O)c2cccc3[nH]ncc23)o1. The van der Waals surface area contributed by atoms with Crippen molar-refractivity contribution in [3.63, 3.8) is 0 Å². The number of carbonyl (C=O) groups is 1. The molecule has 0 saturated heterocycles. The van der Waals surface area contributed by atoms with Crippen LogP contribution in [0.25, 0.3) is 10.9 Å². The van der Waals surface area contributed by atoms with E-state index < -0.39 is 0 Å². The highest BCUT2D eigenvalue weighted by Gasteiger charge is 2.20. The lowest BCUT2D eigenvalue weighted by atomic mass is 10.1. The van der Waals surface area contributed by atoms with Gasteiger partial charge in [0.25, 0.3) is 5.91 Å². The number of fused-ring (bicyclic) bond motifs is 1. The van der Waals surface area contributed by atoms with E-state index in [4.69, 9.17) is 4.42 Å². The number of rotatable bonds is 6. The van der Waals surface area contributed by atoms with Crippen LogP contribution >= 0.6 is 0 Å². The zero-order chi connectivity index (χ0) is 17.1. The first-order chi connectivity index (χ1) is 11.5. The van der Waals surface area contributed by atoms with Gasteiger partial charge in [0, 0.05) is 18.5 Å². The van der Waals surface area contributed by atoms with Crippen LogP contribution in [0.3, 0.4) is 0 Å². The van der Waals surface area contributed by atoms with Gasteiger partial charge < -0.3 is 14.2 Å². The van der Waals surface area contributed by atoms with Crippen LogP contribution in [0, 0.1) is 6.92 Å². The van der Waals surface area contributed by atoms with E-state index in [1.165, 1.54) is 0 Å². The molecule has 2 heterocycles. The van der Waals surface area contributed by atoms with E-state index >= 15 is 0 Å². The molecule has 0 radical (unpaired) electrons. The molecule has 0 aliphatic heterocycles. The van der Waals surface area contributed by atoms with Crippen molar-refractivity contribution in [2.75, 3.05) is 27.2 Å². The Morgan fingerprint density at radius 3 is 2.75 bits per heavy atom. The number of hydrogen-bond donors (Lipinski definition) is 1. The number of amides is 1. The van der Waals surface area contributed by atoms with Crippen LogP contribution in [0.15, 0.2) is 40.9 Å². The van der Waals surface area contributed by atoms with Crippen LogP contribution in [0.2, 0.25) is 0 Å². The normalized spacial score (nSPS) is 11.3. The molecule has 0 aliphatic carbocycles. The summed E-state index contributed by atoms with van der Waals surface area (Å²) in [5.41, 5.74) is 1.52. The Balaban J connectivity index is 1.88. The second kappa shape index (κ2) is 6.88. The number of furan rings is 1. The number of nitrogens with zero attached hydrogens (tertiary/aromatic N) is 3. The lowest BCUT2D eigenvalue weighted by Gasteiger charge is -2.24. The maximum Gasteiger partial charge on any atom is 0.255 e. The van der Waals surface area contributed by atoms with Crippen LogP contribution < -0.4 is 0 Å². The Bertz CT molecular complexity index is 834. The van der Waals surface area contributed by atoms with Gasteiger partial charge in [-0.2, -0.15) is 5.10 Å². The van der Waals surface area contributed by atoms with Gasteiger partial charge in [0.15, 0.2) is 0 Å². The molecule has 6 nitrogen and oxygen atoms in total. The van der Waals surface area contributed by atoms with Crippen LogP contribution in [0.4, 0.5) is 0 Å². The first-order valence-corrected chi connectivity index (χ1v) is 7.96. The Morgan fingerprint density at radius 1 is 1.21 bits per heavy atom. The predicted molar refractivity (Wildman–Crippen MR) is 92.8 cm³/mol. The van der Waals surface area contributed by atoms with Gasteiger partial charge in [-0.1, -0.05) is 6.07 Å². The highest BCUT2D eigenvalue weighted by Crippen LogP contribution is 2.19. The molecule has 126 valence electrons. The molecule has 1 aromatic carbocycles. The maximum atomic E-state index is 13.1. The summed E-state index contributed by atoms with van der Waals surface area (Å²) in [6.07, 6.45) is 1.70. The topological polar surface area (TPSA) is 65.4 Å². The van der Waals surface area contributed by atoms with Crippen molar-refractivity contribution in [1.82, 2.24) is 20.0 Å². The summed E-state index contributed by atoms with van der Waals surface area (Å²) in [7, 11) is 3.99. The molecule has 0 saturated carbocycles. The summed E-state index contributed by atoms with van der Waals surface area (Å²) in [6.45, 7) is 3.77. The highest BCUT2D eigenvalue weighted by molar-refractivity contribution is 6.06. The number of nitrogens with one attached hydrogen (secondary N) is 1. The molecule has 24 heavy (non-hydrogen) atoms. The van der Waals surface area contributed by atoms with Gasteiger partial charge in [-0.15, -0.1) is 0 Å². The zero-order valence-electron chi connectivity index (χ0n) is 14.2. The molecule has 1 N–H and O–H groups in total. The number of carbonyl (C=O) groups excluding carboxylic acids is 1. The van der Waals surface area contributed by atoms with Gasteiger partial charge in [-0.05, 0) is 45.3 Å². The first kappa shape index (κ1) is 16.3. The number of likely N-dealkylation sites (N-methyl/N-ethyl adjacent to an activating group) is 1. The van der Waals surface area contributed by atoms with Gasteiger partial charge >= 0.3 is 0 Å². The van der Waals surface area contributed by atoms with E-state index in [-0.39, 0.29) is 5.91 Å². The molecule has 2 aromatic heterocycles. The number of hydrogen-bond acceptors (Lipinski definition) is 4. The van der Waals surface area contributed by atoms with Crippen LogP contribution in [-0.2, 0) is 6.54 Å². The summed E-state index contributed by atoms with van der Waals surface area (Å²) < 4.78 is 5.65. The molecule has 0 bridgehead atoms. The minimum Gasteiger partial charge on any atom is -0.464 e. The minimum absolute atomic E-state index is 0.0158. The number of H-pyrrole nitrogens is 1. The van der Waals surface area contributed by atoms with Crippen LogP contribution in [0.5, 0.6) is 0 Å². The third-order valence-electron chi connectivity index (χ3n) is 3.96. The van der Waals surface area contributed by atoms with E-state index in [0.29, 0.717) is 18.7 Å². The summed E-state index contributed by atoms with van der Waals surface area (Å²) in [4.78, 5) is 17.0. The second-order valence-corrected chi connectivity index (χ2v) is 6.18. The molecule has 6 heteroatoms. The summed E-state index contributed by atoms with van der Waals surface area (Å²) >= 11 is 0. The first-order valence-electron chi connectivity index (χ1n) is 7.96. The van der Waals surface area contributed by atoms with Crippen LogP contribution in [0.1, 0.15) is 21.9 Å². The van der Waals surface area contributed by atoms with Crippen molar-refractivity contribution in [3.05, 3.63) is 53.6 Å². The smallest absolute Gasteiger partial charge is 0.255 e. The van der Waals surface area contributed by atoms with Gasteiger partial charge in [-0.25, -0.2) is 0 Å².